The topological polar surface area (TPSA) is 21.3 Å². The van der Waals surface area contributed by atoms with E-state index in [1.54, 1.807) is 0 Å². The molecule has 1 aromatic carbocycles. The van der Waals surface area contributed by atoms with E-state index in [9.17, 15) is 0 Å². The Hall–Kier alpha value is -0.130. The van der Waals surface area contributed by atoms with Gasteiger partial charge in [-0.2, -0.15) is 0 Å². The number of benzene rings is 1. The third-order valence-corrected chi connectivity index (χ3v) is 4.09. The van der Waals surface area contributed by atoms with Crippen molar-refractivity contribution in [3.8, 4) is 0 Å². The Morgan fingerprint density at radius 1 is 1.35 bits per heavy atom. The average molecular weight is 345 g/mol. The summed E-state index contributed by atoms with van der Waals surface area (Å²) in [5, 5.41) is 3.39. The molecule has 3 heteroatoms. The smallest absolute Gasteiger partial charge is 0.0708 e. The SMILES string of the molecule is CC(C)(CC1CNCCO1)c1ccc(I)cc1. The molecule has 1 aliphatic rings. The summed E-state index contributed by atoms with van der Waals surface area (Å²) in [6.45, 7) is 7.40. The summed E-state index contributed by atoms with van der Waals surface area (Å²) in [7, 11) is 0. The number of ether oxygens (including phenoxy) is 1. The van der Waals surface area contributed by atoms with Crippen LogP contribution in [0.1, 0.15) is 25.8 Å². The minimum absolute atomic E-state index is 0.175. The highest BCUT2D eigenvalue weighted by atomic mass is 127. The van der Waals surface area contributed by atoms with Crippen molar-refractivity contribution >= 4 is 22.6 Å². The Bertz CT molecular complexity index is 355. The van der Waals surface area contributed by atoms with E-state index < -0.39 is 0 Å². The van der Waals surface area contributed by atoms with Gasteiger partial charge >= 0.3 is 0 Å². The molecule has 0 spiro atoms. The van der Waals surface area contributed by atoms with Gasteiger partial charge in [0.2, 0.25) is 0 Å². The summed E-state index contributed by atoms with van der Waals surface area (Å²) in [6.07, 6.45) is 1.42. The average Bonchev–Trinajstić information content (AvgIpc) is 2.30. The fourth-order valence-electron chi connectivity index (χ4n) is 2.34. The van der Waals surface area contributed by atoms with E-state index in [4.69, 9.17) is 4.74 Å². The molecule has 1 N–H and O–H groups in total. The van der Waals surface area contributed by atoms with E-state index in [2.05, 4.69) is 66.0 Å². The maximum Gasteiger partial charge on any atom is 0.0708 e. The van der Waals surface area contributed by atoms with E-state index in [1.165, 1.54) is 9.13 Å². The first kappa shape index (κ1) is 13.3. The Morgan fingerprint density at radius 2 is 2.06 bits per heavy atom. The quantitative estimate of drug-likeness (QED) is 0.851. The van der Waals surface area contributed by atoms with Crippen LogP contribution >= 0.6 is 22.6 Å². The first-order chi connectivity index (χ1) is 8.08. The van der Waals surface area contributed by atoms with Gasteiger partial charge in [0.25, 0.3) is 0 Å². The fourth-order valence-corrected chi connectivity index (χ4v) is 2.70. The van der Waals surface area contributed by atoms with Crippen molar-refractivity contribution in [2.45, 2.75) is 31.8 Å². The third-order valence-electron chi connectivity index (χ3n) is 3.37. The molecule has 1 heterocycles. The highest BCUT2D eigenvalue weighted by Crippen LogP contribution is 2.30. The number of hydrogen-bond acceptors (Lipinski definition) is 2. The third kappa shape index (κ3) is 3.66. The number of nitrogens with one attached hydrogen (secondary N) is 1. The van der Waals surface area contributed by atoms with Crippen LogP contribution in [0.3, 0.4) is 0 Å². The normalized spacial score (nSPS) is 21.5. The summed E-state index contributed by atoms with van der Waals surface area (Å²) in [5.74, 6) is 0. The van der Waals surface area contributed by atoms with E-state index >= 15 is 0 Å². The van der Waals surface area contributed by atoms with Crippen molar-refractivity contribution in [2.75, 3.05) is 19.7 Å². The lowest BCUT2D eigenvalue weighted by Gasteiger charge is -2.32. The van der Waals surface area contributed by atoms with E-state index in [0.29, 0.717) is 6.10 Å². The Labute approximate surface area is 117 Å². The van der Waals surface area contributed by atoms with Gasteiger partial charge in [0.05, 0.1) is 12.7 Å². The second-order valence-electron chi connectivity index (χ2n) is 5.29. The molecule has 17 heavy (non-hydrogen) atoms. The van der Waals surface area contributed by atoms with Gasteiger partial charge in [-0.05, 0) is 52.1 Å². The van der Waals surface area contributed by atoms with Crippen LogP contribution in [0, 0.1) is 3.57 Å². The molecule has 94 valence electrons. The van der Waals surface area contributed by atoms with Gasteiger partial charge in [-0.3, -0.25) is 0 Å². The first-order valence-corrected chi connectivity index (χ1v) is 7.24. The molecule has 1 aromatic rings. The van der Waals surface area contributed by atoms with Crippen LogP contribution < -0.4 is 5.32 Å². The van der Waals surface area contributed by atoms with Crippen LogP contribution in [0.15, 0.2) is 24.3 Å². The minimum Gasteiger partial charge on any atom is -0.376 e. The molecule has 0 aliphatic carbocycles. The number of morpholine rings is 1. The van der Waals surface area contributed by atoms with Crippen LogP contribution in [0.2, 0.25) is 0 Å². The second kappa shape index (κ2) is 5.67. The molecule has 2 nitrogen and oxygen atoms in total. The standard InChI is InChI=1S/C14H20INO/c1-14(2,9-13-10-16-7-8-17-13)11-3-5-12(15)6-4-11/h3-6,13,16H,7-10H2,1-2H3. The fraction of sp³-hybridized carbons (Fsp3) is 0.571. The lowest BCUT2D eigenvalue weighted by Crippen LogP contribution is -2.41. The Balaban J connectivity index is 2.04. The molecule has 1 unspecified atom stereocenters. The molecular weight excluding hydrogens is 325 g/mol. The number of rotatable bonds is 3. The molecule has 2 rings (SSSR count). The maximum absolute atomic E-state index is 5.80. The van der Waals surface area contributed by atoms with Crippen LogP contribution in [0.25, 0.3) is 0 Å². The largest absolute Gasteiger partial charge is 0.376 e. The molecule has 1 saturated heterocycles. The van der Waals surface area contributed by atoms with Gasteiger partial charge < -0.3 is 10.1 Å². The van der Waals surface area contributed by atoms with E-state index in [-0.39, 0.29) is 5.41 Å². The molecule has 0 amide bonds. The highest BCUT2D eigenvalue weighted by Gasteiger charge is 2.26. The summed E-state index contributed by atoms with van der Waals surface area (Å²) in [5.41, 5.74) is 1.57. The number of halogens is 1. The molecule has 0 bridgehead atoms. The molecule has 0 aromatic heterocycles. The van der Waals surface area contributed by atoms with Crippen molar-refractivity contribution in [1.82, 2.24) is 5.32 Å². The predicted molar refractivity (Wildman–Crippen MR) is 79.4 cm³/mol. The Kier molecular flexibility index (Phi) is 4.44. The molecule has 0 radical (unpaired) electrons. The number of hydrogen-bond donors (Lipinski definition) is 1. The zero-order chi connectivity index (χ0) is 12.3. The van der Waals surface area contributed by atoms with Gasteiger partial charge in [0.15, 0.2) is 0 Å². The van der Waals surface area contributed by atoms with Crippen LogP contribution in [-0.4, -0.2) is 25.8 Å². The molecule has 1 aliphatic heterocycles. The van der Waals surface area contributed by atoms with Crippen molar-refractivity contribution < 1.29 is 4.74 Å². The molecule has 1 fully saturated rings. The monoisotopic (exact) mass is 345 g/mol. The molecular formula is C14H20INO. The summed E-state index contributed by atoms with van der Waals surface area (Å²) in [4.78, 5) is 0. The predicted octanol–water partition coefficient (Wildman–Crippen LogP) is 2.95. The lowest BCUT2D eigenvalue weighted by atomic mass is 9.79. The zero-order valence-corrected chi connectivity index (χ0v) is 12.7. The van der Waals surface area contributed by atoms with Gasteiger partial charge in [-0.15, -0.1) is 0 Å². The van der Waals surface area contributed by atoms with Gasteiger partial charge in [-0.25, -0.2) is 0 Å². The lowest BCUT2D eigenvalue weighted by molar-refractivity contribution is 0.0120. The minimum atomic E-state index is 0.175. The van der Waals surface area contributed by atoms with Crippen molar-refractivity contribution in [3.63, 3.8) is 0 Å². The summed E-state index contributed by atoms with van der Waals surface area (Å²) >= 11 is 2.35. The highest BCUT2D eigenvalue weighted by molar-refractivity contribution is 14.1. The van der Waals surface area contributed by atoms with Gasteiger partial charge in [-0.1, -0.05) is 26.0 Å². The van der Waals surface area contributed by atoms with E-state index in [1.807, 2.05) is 0 Å². The van der Waals surface area contributed by atoms with Crippen molar-refractivity contribution in [2.24, 2.45) is 0 Å². The van der Waals surface area contributed by atoms with Crippen molar-refractivity contribution in [1.29, 1.82) is 0 Å². The van der Waals surface area contributed by atoms with Crippen LogP contribution in [0.5, 0.6) is 0 Å². The zero-order valence-electron chi connectivity index (χ0n) is 10.5. The van der Waals surface area contributed by atoms with Gasteiger partial charge in [0.1, 0.15) is 0 Å². The first-order valence-electron chi connectivity index (χ1n) is 6.16. The van der Waals surface area contributed by atoms with Crippen LogP contribution in [-0.2, 0) is 10.2 Å². The Morgan fingerprint density at radius 3 is 2.65 bits per heavy atom. The molecule has 0 saturated carbocycles. The van der Waals surface area contributed by atoms with Crippen LogP contribution in [0.4, 0.5) is 0 Å². The van der Waals surface area contributed by atoms with Crippen molar-refractivity contribution in [3.05, 3.63) is 33.4 Å². The summed E-state index contributed by atoms with van der Waals surface area (Å²) in [6, 6.07) is 8.82. The maximum atomic E-state index is 5.80. The molecule has 1 atom stereocenters. The van der Waals surface area contributed by atoms with Gasteiger partial charge in [0, 0.05) is 16.7 Å². The van der Waals surface area contributed by atoms with E-state index in [0.717, 1.165) is 26.1 Å². The summed E-state index contributed by atoms with van der Waals surface area (Å²) < 4.78 is 7.08. The second-order valence-corrected chi connectivity index (χ2v) is 6.54.